The molecule has 0 spiro atoms. The Balaban J connectivity index is 1.47. The van der Waals surface area contributed by atoms with Gasteiger partial charge in [-0.2, -0.15) is 0 Å². The number of benzene rings is 1. The molecule has 2 fully saturated rings. The Morgan fingerprint density at radius 3 is 2.62 bits per heavy atom. The number of piperidine rings is 1. The number of pyridine rings is 1. The third kappa shape index (κ3) is 4.44. The van der Waals surface area contributed by atoms with E-state index in [4.69, 9.17) is 0 Å². The van der Waals surface area contributed by atoms with E-state index in [0.29, 0.717) is 24.7 Å². The second-order valence-corrected chi connectivity index (χ2v) is 8.75. The molecule has 5 heteroatoms. The highest BCUT2D eigenvalue weighted by Gasteiger charge is 2.31. The fourth-order valence-electron chi connectivity index (χ4n) is 4.72. The normalized spacial score (nSPS) is 20.6. The number of aryl methyl sites for hydroxylation is 2. The summed E-state index contributed by atoms with van der Waals surface area (Å²) in [7, 11) is 0. The number of likely N-dealkylation sites (tertiary alicyclic amines) is 1. The lowest BCUT2D eigenvalue weighted by Crippen LogP contribution is -2.48. The molecule has 1 aliphatic heterocycles. The SMILES string of the molecule is Cc1ccc2nc(C)c(C(=O)N3CCCC(C(=O)NC4CCCCC4)C3)cc2c1. The van der Waals surface area contributed by atoms with Crippen LogP contribution in [0.3, 0.4) is 0 Å². The van der Waals surface area contributed by atoms with E-state index in [1.54, 1.807) is 0 Å². The molecular formula is C24H31N3O2. The summed E-state index contributed by atoms with van der Waals surface area (Å²) in [5, 5.41) is 4.23. The highest BCUT2D eigenvalue weighted by atomic mass is 16.2. The second kappa shape index (κ2) is 8.52. The van der Waals surface area contributed by atoms with Gasteiger partial charge in [-0.1, -0.05) is 30.9 Å². The van der Waals surface area contributed by atoms with Gasteiger partial charge < -0.3 is 10.2 Å². The van der Waals surface area contributed by atoms with Gasteiger partial charge in [-0.05, 0) is 57.7 Å². The number of carbonyl (C=O) groups excluding carboxylic acids is 2. The van der Waals surface area contributed by atoms with E-state index in [2.05, 4.69) is 16.4 Å². The molecule has 29 heavy (non-hydrogen) atoms. The van der Waals surface area contributed by atoms with E-state index in [9.17, 15) is 9.59 Å². The lowest BCUT2D eigenvalue weighted by atomic mass is 9.92. The number of hydrogen-bond acceptors (Lipinski definition) is 3. The van der Waals surface area contributed by atoms with Crippen molar-refractivity contribution in [3.05, 3.63) is 41.1 Å². The fourth-order valence-corrected chi connectivity index (χ4v) is 4.72. The molecule has 154 valence electrons. The molecule has 2 aromatic rings. The van der Waals surface area contributed by atoms with E-state index < -0.39 is 0 Å². The molecule has 1 atom stereocenters. The number of nitrogens with one attached hydrogen (secondary N) is 1. The summed E-state index contributed by atoms with van der Waals surface area (Å²) in [6, 6.07) is 8.38. The molecule has 5 nitrogen and oxygen atoms in total. The Hall–Kier alpha value is -2.43. The largest absolute Gasteiger partial charge is 0.353 e. The van der Waals surface area contributed by atoms with Gasteiger partial charge in [0.1, 0.15) is 0 Å². The highest BCUT2D eigenvalue weighted by molar-refractivity contribution is 5.99. The van der Waals surface area contributed by atoms with Crippen LogP contribution in [-0.4, -0.2) is 40.8 Å². The maximum Gasteiger partial charge on any atom is 0.255 e. The quantitative estimate of drug-likeness (QED) is 0.852. The summed E-state index contributed by atoms with van der Waals surface area (Å²) >= 11 is 0. The van der Waals surface area contributed by atoms with E-state index >= 15 is 0 Å². The van der Waals surface area contributed by atoms with Crippen LogP contribution in [0, 0.1) is 19.8 Å². The van der Waals surface area contributed by atoms with Crippen LogP contribution in [0.25, 0.3) is 10.9 Å². The molecule has 4 rings (SSSR count). The predicted molar refractivity (Wildman–Crippen MR) is 115 cm³/mol. The van der Waals surface area contributed by atoms with Crippen LogP contribution in [0.5, 0.6) is 0 Å². The molecule has 0 radical (unpaired) electrons. The molecule has 1 saturated heterocycles. The Bertz CT molecular complexity index is 918. The number of rotatable bonds is 3. The molecule has 0 bridgehead atoms. The van der Waals surface area contributed by atoms with Crippen molar-refractivity contribution in [2.75, 3.05) is 13.1 Å². The van der Waals surface area contributed by atoms with Crippen molar-refractivity contribution >= 4 is 22.7 Å². The van der Waals surface area contributed by atoms with Gasteiger partial charge >= 0.3 is 0 Å². The van der Waals surface area contributed by atoms with Gasteiger partial charge in [-0.3, -0.25) is 14.6 Å². The molecule has 1 saturated carbocycles. The molecule has 1 unspecified atom stereocenters. The minimum atomic E-state index is -0.106. The van der Waals surface area contributed by atoms with Crippen LogP contribution in [0.15, 0.2) is 24.3 Å². The summed E-state index contributed by atoms with van der Waals surface area (Å²) < 4.78 is 0. The van der Waals surface area contributed by atoms with Gasteiger partial charge in [0.05, 0.1) is 22.7 Å². The summed E-state index contributed by atoms with van der Waals surface area (Å²) in [6.45, 7) is 5.14. The van der Waals surface area contributed by atoms with E-state index in [0.717, 1.165) is 47.8 Å². The molecule has 1 N–H and O–H groups in total. The third-order valence-electron chi connectivity index (χ3n) is 6.42. The standard InChI is InChI=1S/C24H31N3O2/c1-16-10-11-22-19(13-16)14-21(17(2)25-22)24(29)27-12-6-7-18(15-27)23(28)26-20-8-4-3-5-9-20/h10-11,13-14,18,20H,3-9,12,15H2,1-2H3,(H,26,28). The minimum Gasteiger partial charge on any atom is -0.353 e. The zero-order valence-electron chi connectivity index (χ0n) is 17.5. The predicted octanol–water partition coefficient (Wildman–Crippen LogP) is 4.15. The number of nitrogens with zero attached hydrogens (tertiary/aromatic N) is 2. The molecule has 1 aromatic carbocycles. The van der Waals surface area contributed by atoms with Crippen LogP contribution in [-0.2, 0) is 4.79 Å². The van der Waals surface area contributed by atoms with Gasteiger partial charge in [-0.15, -0.1) is 0 Å². The molecule has 2 aliphatic rings. The van der Waals surface area contributed by atoms with Crippen LogP contribution in [0.4, 0.5) is 0 Å². The first-order valence-electron chi connectivity index (χ1n) is 11.0. The minimum absolute atomic E-state index is 0.00595. The van der Waals surface area contributed by atoms with Gasteiger partial charge in [-0.25, -0.2) is 0 Å². The first-order chi connectivity index (χ1) is 14.0. The average molecular weight is 394 g/mol. The molecule has 2 heterocycles. The molecule has 1 aliphatic carbocycles. The first kappa shape index (κ1) is 19.9. The number of aromatic nitrogens is 1. The van der Waals surface area contributed by atoms with Gasteiger partial charge in [0, 0.05) is 24.5 Å². The van der Waals surface area contributed by atoms with E-state index in [-0.39, 0.29) is 17.7 Å². The third-order valence-corrected chi connectivity index (χ3v) is 6.42. The lowest BCUT2D eigenvalue weighted by molar-refractivity contribution is -0.127. The monoisotopic (exact) mass is 393 g/mol. The van der Waals surface area contributed by atoms with Crippen molar-refractivity contribution in [2.24, 2.45) is 5.92 Å². The van der Waals surface area contributed by atoms with Crippen molar-refractivity contribution < 1.29 is 9.59 Å². The Morgan fingerprint density at radius 2 is 1.83 bits per heavy atom. The van der Waals surface area contributed by atoms with Crippen LogP contribution in [0.2, 0.25) is 0 Å². The van der Waals surface area contributed by atoms with Crippen LogP contribution >= 0.6 is 0 Å². The summed E-state index contributed by atoms with van der Waals surface area (Å²) in [5.74, 6) is 0.0116. The first-order valence-corrected chi connectivity index (χ1v) is 11.0. The number of amides is 2. The van der Waals surface area contributed by atoms with Gasteiger partial charge in [0.15, 0.2) is 0 Å². The van der Waals surface area contributed by atoms with E-state index in [1.807, 2.05) is 36.9 Å². The Labute approximate surface area is 172 Å². The average Bonchev–Trinajstić information content (AvgIpc) is 2.74. The maximum atomic E-state index is 13.3. The van der Waals surface area contributed by atoms with Crippen molar-refractivity contribution in [3.63, 3.8) is 0 Å². The van der Waals surface area contributed by atoms with Crippen molar-refractivity contribution in [1.29, 1.82) is 0 Å². The maximum absolute atomic E-state index is 13.3. The molecule has 1 aromatic heterocycles. The lowest BCUT2D eigenvalue weighted by Gasteiger charge is -2.33. The Morgan fingerprint density at radius 1 is 1.03 bits per heavy atom. The zero-order valence-corrected chi connectivity index (χ0v) is 17.5. The van der Waals surface area contributed by atoms with Crippen molar-refractivity contribution in [3.8, 4) is 0 Å². The van der Waals surface area contributed by atoms with Crippen LogP contribution < -0.4 is 5.32 Å². The van der Waals surface area contributed by atoms with Crippen molar-refractivity contribution in [1.82, 2.24) is 15.2 Å². The zero-order chi connectivity index (χ0) is 20.4. The summed E-state index contributed by atoms with van der Waals surface area (Å²) in [5.41, 5.74) is 3.46. The second-order valence-electron chi connectivity index (χ2n) is 8.75. The fraction of sp³-hybridized carbons (Fsp3) is 0.542. The molecular weight excluding hydrogens is 362 g/mol. The number of fused-ring (bicyclic) bond motifs is 1. The number of carbonyl (C=O) groups is 2. The Kier molecular flexibility index (Phi) is 5.84. The van der Waals surface area contributed by atoms with Gasteiger partial charge in [0.25, 0.3) is 5.91 Å². The van der Waals surface area contributed by atoms with Crippen LogP contribution in [0.1, 0.15) is 66.6 Å². The number of hydrogen-bond donors (Lipinski definition) is 1. The summed E-state index contributed by atoms with van der Waals surface area (Å²) in [6.07, 6.45) is 7.58. The smallest absolute Gasteiger partial charge is 0.255 e. The topological polar surface area (TPSA) is 62.3 Å². The van der Waals surface area contributed by atoms with Gasteiger partial charge in [0.2, 0.25) is 5.91 Å². The molecule has 2 amide bonds. The van der Waals surface area contributed by atoms with E-state index in [1.165, 1.54) is 19.3 Å². The summed E-state index contributed by atoms with van der Waals surface area (Å²) in [4.78, 5) is 32.5. The van der Waals surface area contributed by atoms with Crippen molar-refractivity contribution in [2.45, 2.75) is 64.8 Å². The highest BCUT2D eigenvalue weighted by Crippen LogP contribution is 2.24.